The lowest BCUT2D eigenvalue weighted by molar-refractivity contribution is 0.0311. The predicted molar refractivity (Wildman–Crippen MR) is 90.9 cm³/mol. The van der Waals surface area contributed by atoms with Crippen molar-refractivity contribution in [1.82, 2.24) is 4.31 Å². The summed E-state index contributed by atoms with van der Waals surface area (Å²) >= 11 is 0. The second-order valence-corrected chi connectivity index (χ2v) is 7.85. The number of rotatable bonds is 9. The number of nitrogens with zero attached hydrogens (tertiary/aromatic N) is 1. The van der Waals surface area contributed by atoms with Crippen LogP contribution in [-0.2, 0) is 19.5 Å². The summed E-state index contributed by atoms with van der Waals surface area (Å²) in [6.07, 6.45) is 1.51. The van der Waals surface area contributed by atoms with Gasteiger partial charge in [-0.3, -0.25) is 0 Å². The van der Waals surface area contributed by atoms with Crippen LogP contribution in [0.15, 0.2) is 29.2 Å². The van der Waals surface area contributed by atoms with Crippen molar-refractivity contribution in [2.75, 3.05) is 32.9 Å². The first-order chi connectivity index (χ1) is 11.4. The van der Waals surface area contributed by atoms with E-state index in [1.165, 1.54) is 4.31 Å². The van der Waals surface area contributed by atoms with Crippen LogP contribution in [0, 0.1) is 13.0 Å². The van der Waals surface area contributed by atoms with Gasteiger partial charge in [0, 0.05) is 19.6 Å². The fourth-order valence-corrected chi connectivity index (χ4v) is 3.99. The van der Waals surface area contributed by atoms with Crippen molar-refractivity contribution in [3.8, 4) is 0 Å². The second kappa shape index (κ2) is 8.82. The minimum absolute atomic E-state index is 0.0247. The van der Waals surface area contributed by atoms with Crippen molar-refractivity contribution in [3.63, 3.8) is 0 Å². The molecule has 1 fully saturated rings. The Morgan fingerprint density at radius 2 is 2.08 bits per heavy atom. The zero-order valence-corrected chi connectivity index (χ0v) is 15.1. The third kappa shape index (κ3) is 5.19. The quantitative estimate of drug-likeness (QED) is 0.682. The first-order valence-corrected chi connectivity index (χ1v) is 9.67. The zero-order valence-electron chi connectivity index (χ0n) is 14.3. The number of aliphatic hydroxyl groups is 1. The fourth-order valence-electron chi connectivity index (χ4n) is 2.53. The topological polar surface area (TPSA) is 76.1 Å². The van der Waals surface area contributed by atoms with E-state index in [1.807, 2.05) is 13.8 Å². The number of aliphatic hydroxyl groups excluding tert-OH is 1. The number of sulfonamides is 1. The van der Waals surface area contributed by atoms with Crippen LogP contribution < -0.4 is 0 Å². The van der Waals surface area contributed by atoms with E-state index in [2.05, 4.69) is 0 Å². The smallest absolute Gasteiger partial charge is 0.257 e. The number of benzene rings is 1. The van der Waals surface area contributed by atoms with Crippen LogP contribution in [0.3, 0.4) is 0 Å². The third-order valence-electron chi connectivity index (χ3n) is 3.85. The summed E-state index contributed by atoms with van der Waals surface area (Å²) in [6.45, 7) is 5.07. The van der Waals surface area contributed by atoms with Crippen LogP contribution in [-0.4, -0.2) is 56.8 Å². The average molecular weight is 356 g/mol. The summed E-state index contributed by atoms with van der Waals surface area (Å²) in [4.78, 5) is 0.218. The van der Waals surface area contributed by atoms with Crippen molar-refractivity contribution in [3.05, 3.63) is 35.9 Å². The predicted octanol–water partition coefficient (Wildman–Crippen LogP) is 1.73. The van der Waals surface area contributed by atoms with Gasteiger partial charge in [0.25, 0.3) is 6.10 Å². The molecule has 2 rings (SSSR count). The van der Waals surface area contributed by atoms with E-state index in [1.54, 1.807) is 24.3 Å². The highest BCUT2D eigenvalue weighted by molar-refractivity contribution is 7.89. The molecule has 0 spiro atoms. The summed E-state index contributed by atoms with van der Waals surface area (Å²) in [5.74, 6) is 0. The van der Waals surface area contributed by atoms with Crippen molar-refractivity contribution in [2.24, 2.45) is 0 Å². The Balaban J connectivity index is 2.17. The second-order valence-electron chi connectivity index (χ2n) is 5.91. The van der Waals surface area contributed by atoms with Gasteiger partial charge in [-0.25, -0.2) is 8.42 Å². The number of ether oxygens (including phenoxy) is 2. The Morgan fingerprint density at radius 1 is 1.38 bits per heavy atom. The molecular formula is C17H26NO5S+. The van der Waals surface area contributed by atoms with E-state index in [4.69, 9.17) is 9.47 Å². The molecule has 0 radical (unpaired) electrons. The monoisotopic (exact) mass is 356 g/mol. The summed E-state index contributed by atoms with van der Waals surface area (Å²) in [7, 11) is -3.71. The number of hydrogen-bond donors (Lipinski definition) is 1. The summed E-state index contributed by atoms with van der Waals surface area (Å²) in [5.41, 5.74) is 0.991. The normalized spacial score (nSPS) is 16.8. The zero-order chi connectivity index (χ0) is 17.6. The molecule has 24 heavy (non-hydrogen) atoms. The molecule has 1 aromatic rings. The molecule has 0 bridgehead atoms. The lowest BCUT2D eigenvalue weighted by Crippen LogP contribution is -2.41. The van der Waals surface area contributed by atoms with Crippen LogP contribution in [0.4, 0.5) is 0 Å². The number of aryl methyl sites for hydroxylation is 1. The van der Waals surface area contributed by atoms with Gasteiger partial charge in [-0.2, -0.15) is 9.04 Å². The van der Waals surface area contributed by atoms with Gasteiger partial charge in [-0.15, -0.1) is 0 Å². The summed E-state index contributed by atoms with van der Waals surface area (Å²) in [6, 6.07) is 6.71. The Hall–Kier alpha value is -1.12. The van der Waals surface area contributed by atoms with E-state index < -0.39 is 16.1 Å². The van der Waals surface area contributed by atoms with Gasteiger partial charge >= 0.3 is 0 Å². The van der Waals surface area contributed by atoms with Crippen molar-refractivity contribution in [1.29, 1.82) is 0 Å². The van der Waals surface area contributed by atoms with Gasteiger partial charge in [-0.05, 0) is 26.0 Å². The summed E-state index contributed by atoms with van der Waals surface area (Å²) in [5, 5.41) is 10.1. The summed E-state index contributed by atoms with van der Waals surface area (Å²) < 4.78 is 37.9. The molecule has 0 saturated carbocycles. The molecule has 1 atom stereocenters. The van der Waals surface area contributed by atoms with Gasteiger partial charge in [0.05, 0.1) is 17.6 Å². The molecule has 1 saturated heterocycles. The molecule has 1 aliphatic rings. The van der Waals surface area contributed by atoms with Gasteiger partial charge in [0.1, 0.15) is 13.0 Å². The first kappa shape index (κ1) is 19.2. The maximum Gasteiger partial charge on any atom is 0.257 e. The average Bonchev–Trinajstić information content (AvgIpc) is 3.06. The lowest BCUT2D eigenvalue weighted by Gasteiger charge is -2.22. The van der Waals surface area contributed by atoms with E-state index in [0.29, 0.717) is 13.2 Å². The van der Waals surface area contributed by atoms with Crippen LogP contribution in [0.25, 0.3) is 0 Å². The molecule has 6 nitrogen and oxygen atoms in total. The highest BCUT2D eigenvalue weighted by Gasteiger charge is 2.37. The lowest BCUT2D eigenvalue weighted by atomic mass is 10.2. The third-order valence-corrected chi connectivity index (χ3v) is 5.67. The van der Waals surface area contributed by atoms with Crippen molar-refractivity contribution in [2.45, 2.75) is 37.7 Å². The van der Waals surface area contributed by atoms with E-state index >= 15 is 0 Å². The molecule has 7 heteroatoms. The Labute approximate surface area is 144 Å². The van der Waals surface area contributed by atoms with E-state index in [9.17, 15) is 13.5 Å². The van der Waals surface area contributed by atoms with Gasteiger partial charge < -0.3 is 9.84 Å². The molecule has 1 unspecified atom stereocenters. The highest BCUT2D eigenvalue weighted by Crippen LogP contribution is 2.24. The molecule has 0 amide bonds. The minimum Gasteiger partial charge on any atom is -0.389 e. The van der Waals surface area contributed by atoms with Crippen LogP contribution in [0.2, 0.25) is 0 Å². The maximum atomic E-state index is 12.9. The molecule has 0 aliphatic carbocycles. The van der Waals surface area contributed by atoms with Gasteiger partial charge in [0.15, 0.2) is 6.54 Å². The highest BCUT2D eigenvalue weighted by atomic mass is 32.2. The van der Waals surface area contributed by atoms with E-state index in [-0.39, 0.29) is 24.6 Å². The fraction of sp³-hybridized carbons (Fsp3) is 0.588. The SMILES string of the molecule is CCOCC(O)CN(C[C+]1CCCO1)S(=O)(=O)c1ccc(C)cc1. The molecule has 1 heterocycles. The van der Waals surface area contributed by atoms with Crippen LogP contribution >= 0.6 is 0 Å². The van der Waals surface area contributed by atoms with Crippen LogP contribution in [0.1, 0.15) is 25.3 Å². The largest absolute Gasteiger partial charge is 0.389 e. The minimum atomic E-state index is -3.71. The Kier molecular flexibility index (Phi) is 7.06. The Bertz CT molecular complexity index is 596. The molecule has 1 aliphatic heterocycles. The molecule has 1 aromatic carbocycles. The first-order valence-electron chi connectivity index (χ1n) is 8.23. The maximum absolute atomic E-state index is 12.9. The van der Waals surface area contributed by atoms with E-state index in [0.717, 1.165) is 24.5 Å². The van der Waals surface area contributed by atoms with Crippen LogP contribution in [0.5, 0.6) is 0 Å². The van der Waals surface area contributed by atoms with Crippen molar-refractivity contribution >= 4 is 10.0 Å². The van der Waals surface area contributed by atoms with Gasteiger partial charge in [-0.1, -0.05) is 17.7 Å². The molecule has 1 N–H and O–H groups in total. The standard InChI is InChI=1S/C17H26NO5S/c1-3-22-13-15(19)11-18(12-16-5-4-10-23-16)24(20,21)17-8-6-14(2)7-9-17/h6-9,15,19H,3-5,10-13H2,1-2H3/q+1. The molecule has 0 aromatic heterocycles. The Morgan fingerprint density at radius 3 is 2.67 bits per heavy atom. The molecule has 134 valence electrons. The molecular weight excluding hydrogens is 330 g/mol. The van der Waals surface area contributed by atoms with Crippen molar-refractivity contribution < 1.29 is 23.0 Å². The van der Waals surface area contributed by atoms with Gasteiger partial charge in [0.2, 0.25) is 10.0 Å². The number of hydrogen-bond acceptors (Lipinski definition) is 5.